The number of carbonyl (C=O) groups is 1. The van der Waals surface area contributed by atoms with Crippen LogP contribution in [0.25, 0.3) is 0 Å². The fourth-order valence-corrected chi connectivity index (χ4v) is 2.05. The maximum atomic E-state index is 12.1. The maximum Gasteiger partial charge on any atom is 0.223 e. The molecule has 3 nitrogen and oxygen atoms in total. The first-order chi connectivity index (χ1) is 7.32. The van der Waals surface area contributed by atoms with E-state index in [0.717, 1.165) is 25.9 Å². The smallest absolute Gasteiger partial charge is 0.223 e. The molecule has 0 aromatic carbocycles. The lowest BCUT2D eigenvalue weighted by molar-refractivity contribution is -0.132. The topological polar surface area (TPSA) is 46.3 Å². The highest BCUT2D eigenvalue weighted by atomic mass is 16.2. The minimum atomic E-state index is 0.124. The summed E-state index contributed by atoms with van der Waals surface area (Å²) >= 11 is 0. The number of nitrogens with two attached hydrogens (primary N) is 1. The number of likely N-dealkylation sites (tertiary alicyclic amines) is 1. The zero-order chi connectivity index (χ0) is 12.4. The lowest BCUT2D eigenvalue weighted by Gasteiger charge is -2.27. The maximum absolute atomic E-state index is 12.1. The molecule has 94 valence electrons. The van der Waals surface area contributed by atoms with Gasteiger partial charge in [0.05, 0.1) is 0 Å². The van der Waals surface area contributed by atoms with Crippen molar-refractivity contribution < 1.29 is 4.79 Å². The summed E-state index contributed by atoms with van der Waals surface area (Å²) in [6, 6.07) is 0. The van der Waals surface area contributed by atoms with Crippen molar-refractivity contribution in [2.45, 2.75) is 47.0 Å². The van der Waals surface area contributed by atoms with Gasteiger partial charge in [-0.1, -0.05) is 34.1 Å². The summed E-state index contributed by atoms with van der Waals surface area (Å²) in [4.78, 5) is 14.1. The van der Waals surface area contributed by atoms with E-state index in [1.165, 1.54) is 0 Å². The van der Waals surface area contributed by atoms with Crippen LogP contribution in [0.5, 0.6) is 0 Å². The van der Waals surface area contributed by atoms with E-state index in [1.807, 2.05) is 4.90 Å². The average Bonchev–Trinajstić information content (AvgIpc) is 2.62. The Balaban J connectivity index is 2.52. The molecule has 0 bridgehead atoms. The molecule has 1 saturated heterocycles. The first-order valence-electron chi connectivity index (χ1n) is 6.30. The molecule has 1 aliphatic heterocycles. The highest BCUT2D eigenvalue weighted by Gasteiger charge is 2.35. The van der Waals surface area contributed by atoms with E-state index < -0.39 is 0 Å². The van der Waals surface area contributed by atoms with Crippen molar-refractivity contribution in [1.29, 1.82) is 0 Å². The van der Waals surface area contributed by atoms with Gasteiger partial charge in [0.2, 0.25) is 5.91 Å². The molecule has 0 aliphatic carbocycles. The number of carbonyl (C=O) groups excluding carboxylic acids is 1. The van der Waals surface area contributed by atoms with Gasteiger partial charge in [-0.15, -0.1) is 0 Å². The SMILES string of the molecule is CCC(C)(C)CC(=O)N1CCC(C)(CN)C1. The van der Waals surface area contributed by atoms with Crippen molar-refractivity contribution in [1.82, 2.24) is 4.90 Å². The van der Waals surface area contributed by atoms with E-state index >= 15 is 0 Å². The Morgan fingerprint density at radius 1 is 1.50 bits per heavy atom. The van der Waals surface area contributed by atoms with Gasteiger partial charge in [0, 0.05) is 19.5 Å². The van der Waals surface area contributed by atoms with Crippen molar-refractivity contribution in [3.05, 3.63) is 0 Å². The molecule has 2 N–H and O–H groups in total. The summed E-state index contributed by atoms with van der Waals surface area (Å²) in [5.74, 6) is 0.295. The van der Waals surface area contributed by atoms with Crippen molar-refractivity contribution in [2.75, 3.05) is 19.6 Å². The molecule has 0 aromatic rings. The zero-order valence-corrected chi connectivity index (χ0v) is 11.2. The predicted octanol–water partition coefficient (Wildman–Crippen LogP) is 2.01. The number of amides is 1. The Hall–Kier alpha value is -0.570. The molecule has 1 heterocycles. The van der Waals surface area contributed by atoms with Gasteiger partial charge in [-0.3, -0.25) is 4.79 Å². The normalized spacial score (nSPS) is 26.2. The first-order valence-corrected chi connectivity index (χ1v) is 6.30. The Morgan fingerprint density at radius 2 is 2.12 bits per heavy atom. The van der Waals surface area contributed by atoms with Gasteiger partial charge in [-0.2, -0.15) is 0 Å². The molecule has 1 amide bonds. The van der Waals surface area contributed by atoms with E-state index in [1.54, 1.807) is 0 Å². The molecule has 0 spiro atoms. The van der Waals surface area contributed by atoms with Crippen LogP contribution in [0, 0.1) is 10.8 Å². The molecule has 1 unspecified atom stereocenters. The molecule has 1 rings (SSSR count). The highest BCUT2D eigenvalue weighted by molar-refractivity contribution is 5.77. The second kappa shape index (κ2) is 4.74. The van der Waals surface area contributed by atoms with Crippen LogP contribution in [0.2, 0.25) is 0 Å². The lowest BCUT2D eigenvalue weighted by Crippen LogP contribution is -2.36. The van der Waals surface area contributed by atoms with Crippen LogP contribution < -0.4 is 5.73 Å². The lowest BCUT2D eigenvalue weighted by atomic mass is 9.86. The zero-order valence-electron chi connectivity index (χ0n) is 11.2. The fraction of sp³-hybridized carbons (Fsp3) is 0.923. The molecule has 0 radical (unpaired) electrons. The molecule has 1 aliphatic rings. The van der Waals surface area contributed by atoms with Crippen LogP contribution in [-0.4, -0.2) is 30.4 Å². The van der Waals surface area contributed by atoms with Crippen LogP contribution in [-0.2, 0) is 4.79 Å². The third-order valence-corrected chi connectivity index (χ3v) is 3.99. The summed E-state index contributed by atoms with van der Waals surface area (Å²) in [5.41, 5.74) is 6.01. The van der Waals surface area contributed by atoms with E-state index in [9.17, 15) is 4.79 Å². The third-order valence-electron chi connectivity index (χ3n) is 3.99. The minimum Gasteiger partial charge on any atom is -0.342 e. The Bertz CT molecular complexity index is 263. The van der Waals surface area contributed by atoms with Gasteiger partial charge >= 0.3 is 0 Å². The van der Waals surface area contributed by atoms with E-state index in [0.29, 0.717) is 18.9 Å². The van der Waals surface area contributed by atoms with Gasteiger partial charge in [0.15, 0.2) is 0 Å². The van der Waals surface area contributed by atoms with Crippen LogP contribution in [0.4, 0.5) is 0 Å². The summed E-state index contributed by atoms with van der Waals surface area (Å²) in [7, 11) is 0. The highest BCUT2D eigenvalue weighted by Crippen LogP contribution is 2.31. The van der Waals surface area contributed by atoms with Crippen LogP contribution >= 0.6 is 0 Å². The van der Waals surface area contributed by atoms with Crippen molar-refractivity contribution in [3.8, 4) is 0 Å². The third kappa shape index (κ3) is 3.21. The summed E-state index contributed by atoms with van der Waals surface area (Å²) in [6.45, 7) is 11.0. The second-order valence-electron chi connectivity index (χ2n) is 6.27. The molecular weight excluding hydrogens is 200 g/mol. The number of hydrogen-bond acceptors (Lipinski definition) is 2. The van der Waals surface area contributed by atoms with Crippen LogP contribution in [0.1, 0.15) is 47.0 Å². The van der Waals surface area contributed by atoms with Crippen molar-refractivity contribution in [2.24, 2.45) is 16.6 Å². The molecule has 1 fully saturated rings. The number of hydrogen-bond donors (Lipinski definition) is 1. The van der Waals surface area contributed by atoms with Crippen LogP contribution in [0.15, 0.2) is 0 Å². The summed E-state index contributed by atoms with van der Waals surface area (Å²) in [6.07, 6.45) is 2.74. The van der Waals surface area contributed by atoms with Gasteiger partial charge in [0.1, 0.15) is 0 Å². The fourth-order valence-electron chi connectivity index (χ4n) is 2.05. The molecule has 16 heavy (non-hydrogen) atoms. The van der Waals surface area contributed by atoms with Gasteiger partial charge in [-0.25, -0.2) is 0 Å². The van der Waals surface area contributed by atoms with Gasteiger partial charge < -0.3 is 10.6 Å². The predicted molar refractivity (Wildman–Crippen MR) is 67.0 cm³/mol. The average molecular weight is 226 g/mol. The molecule has 0 saturated carbocycles. The molecular formula is C13H26N2O. The van der Waals surface area contributed by atoms with Crippen LogP contribution in [0.3, 0.4) is 0 Å². The quantitative estimate of drug-likeness (QED) is 0.797. The van der Waals surface area contributed by atoms with Crippen molar-refractivity contribution in [3.63, 3.8) is 0 Å². The standard InChI is InChI=1S/C13H26N2O/c1-5-12(2,3)8-11(16)15-7-6-13(4,9-14)10-15/h5-10,14H2,1-4H3. The van der Waals surface area contributed by atoms with E-state index in [2.05, 4.69) is 27.7 Å². The van der Waals surface area contributed by atoms with E-state index in [4.69, 9.17) is 5.73 Å². The minimum absolute atomic E-state index is 0.124. The summed E-state index contributed by atoms with van der Waals surface area (Å²) < 4.78 is 0. The molecule has 0 aromatic heterocycles. The Kier molecular flexibility index (Phi) is 4.00. The monoisotopic (exact) mass is 226 g/mol. The summed E-state index contributed by atoms with van der Waals surface area (Å²) in [5, 5.41) is 0. The van der Waals surface area contributed by atoms with Crippen molar-refractivity contribution >= 4 is 5.91 Å². The van der Waals surface area contributed by atoms with Gasteiger partial charge in [-0.05, 0) is 23.8 Å². The Labute approximate surface area is 99.4 Å². The molecule has 3 heteroatoms. The number of rotatable bonds is 4. The second-order valence-corrected chi connectivity index (χ2v) is 6.27. The first kappa shape index (κ1) is 13.5. The van der Waals surface area contributed by atoms with Gasteiger partial charge in [0.25, 0.3) is 0 Å². The largest absolute Gasteiger partial charge is 0.342 e. The number of nitrogens with zero attached hydrogens (tertiary/aromatic N) is 1. The van der Waals surface area contributed by atoms with E-state index in [-0.39, 0.29) is 10.8 Å². The molecule has 1 atom stereocenters. The Morgan fingerprint density at radius 3 is 2.56 bits per heavy atom.